The highest BCUT2D eigenvalue weighted by Crippen LogP contribution is 2.29. The Morgan fingerprint density at radius 2 is 2.20 bits per heavy atom. The molecule has 3 N–H and O–H groups in total. The smallest absolute Gasteiger partial charge is 0.405 e. The summed E-state index contributed by atoms with van der Waals surface area (Å²) in [6.07, 6.45) is 2.48. The van der Waals surface area contributed by atoms with Crippen LogP contribution >= 0.6 is 0 Å². The Kier molecular flexibility index (Phi) is 4.69. The molecule has 2 amide bonds. The van der Waals surface area contributed by atoms with Crippen LogP contribution in [0.5, 0.6) is 0 Å². The van der Waals surface area contributed by atoms with E-state index in [1.54, 1.807) is 17.9 Å². The molecule has 3 heterocycles. The van der Waals surface area contributed by atoms with Crippen LogP contribution in [0.1, 0.15) is 37.9 Å². The number of carbonyl (C=O) groups is 2. The van der Waals surface area contributed by atoms with Gasteiger partial charge in [0.2, 0.25) is 5.91 Å². The van der Waals surface area contributed by atoms with E-state index in [9.17, 15) is 9.59 Å². The minimum Gasteiger partial charge on any atom is -0.465 e. The van der Waals surface area contributed by atoms with Gasteiger partial charge in [-0.05, 0) is 25.0 Å². The van der Waals surface area contributed by atoms with Gasteiger partial charge in [-0.1, -0.05) is 19.4 Å². The first-order valence-electron chi connectivity index (χ1n) is 8.25. The monoisotopic (exact) mass is 343 g/mol. The van der Waals surface area contributed by atoms with Crippen molar-refractivity contribution in [2.45, 2.75) is 32.2 Å². The van der Waals surface area contributed by atoms with Gasteiger partial charge in [-0.2, -0.15) is 5.10 Å². The predicted molar refractivity (Wildman–Crippen MR) is 92.0 cm³/mol. The summed E-state index contributed by atoms with van der Waals surface area (Å²) >= 11 is 0. The van der Waals surface area contributed by atoms with E-state index in [1.807, 2.05) is 25.1 Å². The van der Waals surface area contributed by atoms with E-state index in [4.69, 9.17) is 5.11 Å². The summed E-state index contributed by atoms with van der Waals surface area (Å²) < 4.78 is 1.65. The van der Waals surface area contributed by atoms with Crippen molar-refractivity contribution < 1.29 is 14.7 Å². The van der Waals surface area contributed by atoms with Crippen molar-refractivity contribution in [1.82, 2.24) is 20.1 Å². The number of rotatable bonds is 1. The second kappa shape index (κ2) is 6.92. The van der Waals surface area contributed by atoms with Gasteiger partial charge in [0, 0.05) is 13.0 Å². The van der Waals surface area contributed by atoms with E-state index in [2.05, 4.69) is 20.7 Å². The Morgan fingerprint density at radius 3 is 2.96 bits per heavy atom. The summed E-state index contributed by atoms with van der Waals surface area (Å²) in [6, 6.07) is 5.06. The highest BCUT2D eigenvalue weighted by Gasteiger charge is 2.22. The lowest BCUT2D eigenvalue weighted by atomic mass is 9.98. The highest BCUT2D eigenvalue weighted by atomic mass is 16.4. The molecule has 2 atom stereocenters. The van der Waals surface area contributed by atoms with E-state index in [0.29, 0.717) is 42.0 Å². The first-order chi connectivity index (χ1) is 12.0. The maximum Gasteiger partial charge on any atom is 0.405 e. The second-order valence-electron chi connectivity index (χ2n) is 6.30. The van der Waals surface area contributed by atoms with Gasteiger partial charge in [-0.3, -0.25) is 9.48 Å². The van der Waals surface area contributed by atoms with Crippen LogP contribution in [0, 0.1) is 5.92 Å². The third kappa shape index (κ3) is 3.62. The van der Waals surface area contributed by atoms with Crippen LogP contribution in [0.2, 0.25) is 0 Å². The minimum atomic E-state index is -1.09. The molecule has 0 spiro atoms. The lowest BCUT2D eigenvalue weighted by Gasteiger charge is -2.20. The summed E-state index contributed by atoms with van der Waals surface area (Å²) in [5.41, 5.74) is 2.59. The fourth-order valence-corrected chi connectivity index (χ4v) is 3.07. The van der Waals surface area contributed by atoms with Crippen molar-refractivity contribution in [1.29, 1.82) is 0 Å². The maximum atomic E-state index is 12.4. The van der Waals surface area contributed by atoms with Crippen LogP contribution in [0.4, 0.5) is 10.5 Å². The van der Waals surface area contributed by atoms with Gasteiger partial charge >= 0.3 is 6.09 Å². The Balaban J connectivity index is 2.09. The van der Waals surface area contributed by atoms with Gasteiger partial charge in [-0.25, -0.2) is 9.78 Å². The fourth-order valence-electron chi connectivity index (χ4n) is 3.07. The number of carbonyl (C=O) groups excluding carboxylic acids is 1. The topological polar surface area (TPSA) is 109 Å². The number of hydrogen-bond acceptors (Lipinski definition) is 4. The summed E-state index contributed by atoms with van der Waals surface area (Å²) in [6.45, 7) is 1.87. The Hall–Kier alpha value is -2.90. The molecule has 0 unspecified atom stereocenters. The lowest BCUT2D eigenvalue weighted by Crippen LogP contribution is -2.28. The van der Waals surface area contributed by atoms with Crippen molar-refractivity contribution in [2.75, 3.05) is 5.32 Å². The van der Waals surface area contributed by atoms with Crippen LogP contribution in [0.3, 0.4) is 0 Å². The number of hydrogen-bond donors (Lipinski definition) is 3. The molecule has 0 aromatic carbocycles. The number of carboxylic acid groups (broad SMARTS) is 1. The van der Waals surface area contributed by atoms with E-state index in [-0.39, 0.29) is 11.8 Å². The molecule has 25 heavy (non-hydrogen) atoms. The van der Waals surface area contributed by atoms with Crippen LogP contribution in [-0.4, -0.2) is 31.9 Å². The fraction of sp³-hybridized carbons (Fsp3) is 0.412. The van der Waals surface area contributed by atoms with Crippen LogP contribution in [0.25, 0.3) is 11.4 Å². The number of pyridine rings is 1. The van der Waals surface area contributed by atoms with Gasteiger partial charge in [0.15, 0.2) is 0 Å². The molecule has 1 aliphatic heterocycles. The van der Waals surface area contributed by atoms with Crippen molar-refractivity contribution in [3.05, 3.63) is 30.1 Å². The highest BCUT2D eigenvalue weighted by molar-refractivity contribution is 5.95. The van der Waals surface area contributed by atoms with Gasteiger partial charge in [-0.15, -0.1) is 0 Å². The molecule has 2 aromatic heterocycles. The molecule has 0 saturated heterocycles. The van der Waals surface area contributed by atoms with E-state index < -0.39 is 12.1 Å². The maximum absolute atomic E-state index is 12.4. The third-order valence-electron chi connectivity index (χ3n) is 4.44. The molecule has 0 radical (unpaired) electrons. The number of anilines is 1. The quantitative estimate of drug-likeness (QED) is 0.737. The summed E-state index contributed by atoms with van der Waals surface area (Å²) in [5.74, 6) is -0.252. The van der Waals surface area contributed by atoms with E-state index >= 15 is 0 Å². The van der Waals surface area contributed by atoms with Crippen LogP contribution < -0.4 is 10.6 Å². The molecule has 8 heteroatoms. The van der Waals surface area contributed by atoms with Gasteiger partial charge in [0.25, 0.3) is 0 Å². The molecule has 3 rings (SSSR count). The summed E-state index contributed by atoms with van der Waals surface area (Å²) in [5, 5.41) is 18.8. The van der Waals surface area contributed by atoms with Crippen molar-refractivity contribution >= 4 is 17.7 Å². The Labute approximate surface area is 145 Å². The summed E-state index contributed by atoms with van der Waals surface area (Å²) in [4.78, 5) is 28.2. The molecular formula is C17H21N5O3. The van der Waals surface area contributed by atoms with Crippen LogP contribution in [-0.2, 0) is 11.8 Å². The molecule has 8 nitrogen and oxygen atoms in total. The molecule has 0 saturated carbocycles. The molecular weight excluding hydrogens is 322 g/mol. The van der Waals surface area contributed by atoms with Gasteiger partial charge in [0.1, 0.15) is 5.69 Å². The van der Waals surface area contributed by atoms with E-state index in [0.717, 1.165) is 0 Å². The van der Waals surface area contributed by atoms with Gasteiger partial charge in [0.05, 0.1) is 29.3 Å². The molecule has 132 valence electrons. The van der Waals surface area contributed by atoms with Crippen molar-refractivity contribution in [3.8, 4) is 11.4 Å². The average Bonchev–Trinajstić information content (AvgIpc) is 2.93. The molecule has 0 fully saturated rings. The molecule has 2 bridgehead atoms. The third-order valence-corrected chi connectivity index (χ3v) is 4.44. The Bertz CT molecular complexity index is 801. The van der Waals surface area contributed by atoms with Crippen molar-refractivity contribution in [3.63, 3.8) is 0 Å². The minimum absolute atomic E-state index is 0.0753. The molecule has 0 aliphatic carbocycles. The second-order valence-corrected chi connectivity index (χ2v) is 6.30. The summed E-state index contributed by atoms with van der Waals surface area (Å²) in [7, 11) is 1.78. The normalized spacial score (nSPS) is 20.6. The largest absolute Gasteiger partial charge is 0.465 e. The standard InChI is InChI=1S/C17H21N5O3/c1-10-5-3-6-12(21-17(24)25)11-7-4-8-13(19-11)15-14(20-16(10)23)9-18-22(15)2/h4,7-10,12,21H,3,5-6H2,1-2H3,(H,20,23)(H,24,25)/t10-,12+/m1/s1. The zero-order valence-electron chi connectivity index (χ0n) is 14.2. The number of aromatic nitrogens is 3. The predicted octanol–water partition coefficient (Wildman–Crippen LogP) is 2.55. The number of fused-ring (bicyclic) bond motifs is 4. The Morgan fingerprint density at radius 1 is 1.40 bits per heavy atom. The first-order valence-corrected chi connectivity index (χ1v) is 8.25. The molecule has 1 aliphatic rings. The number of aryl methyl sites for hydroxylation is 1. The molecule has 2 aromatic rings. The SMILES string of the molecule is C[C@@H]1CCC[C@H](NC(=O)O)c2cccc(n2)-c2c(cnn2C)NC1=O. The lowest BCUT2D eigenvalue weighted by molar-refractivity contribution is -0.119. The zero-order valence-corrected chi connectivity index (χ0v) is 14.2. The van der Waals surface area contributed by atoms with Crippen molar-refractivity contribution in [2.24, 2.45) is 13.0 Å². The van der Waals surface area contributed by atoms with Gasteiger partial charge < -0.3 is 15.7 Å². The van der Waals surface area contributed by atoms with Crippen LogP contribution in [0.15, 0.2) is 24.4 Å². The number of nitrogens with one attached hydrogen (secondary N) is 2. The average molecular weight is 343 g/mol. The number of amides is 2. The first kappa shape index (κ1) is 16.9. The zero-order chi connectivity index (χ0) is 18.0. The number of nitrogens with zero attached hydrogens (tertiary/aromatic N) is 3. The van der Waals surface area contributed by atoms with E-state index in [1.165, 1.54) is 0 Å².